The molecule has 2 nitrogen and oxygen atoms in total. The zero-order valence-corrected chi connectivity index (χ0v) is 10.7. The van der Waals surface area contributed by atoms with Gasteiger partial charge in [0, 0.05) is 12.7 Å². The number of nitrogens with two attached hydrogens (primary N) is 1. The molecule has 0 spiro atoms. The van der Waals surface area contributed by atoms with E-state index in [0.29, 0.717) is 6.54 Å². The first kappa shape index (κ1) is 11.5. The summed E-state index contributed by atoms with van der Waals surface area (Å²) in [5.41, 5.74) is 6.22. The van der Waals surface area contributed by atoms with Crippen molar-refractivity contribution in [3.63, 3.8) is 0 Å². The molecule has 11 heavy (non-hydrogen) atoms. The van der Waals surface area contributed by atoms with Gasteiger partial charge in [0.25, 0.3) is 0 Å². The standard InChI is InChI=1S/C6H8N2.2ClH.Sn.H/c7-5-6-3-1-2-4-8-6;;;;/h1-4H,5,7H2;2*1H;;/q;;;+2;/p-2. The maximum absolute atomic E-state index is 5.29. The van der Waals surface area contributed by atoms with Gasteiger partial charge in [0.05, 0.1) is 5.69 Å². The predicted octanol–water partition coefficient (Wildman–Crippen LogP) is 1.27. The van der Waals surface area contributed by atoms with Crippen LogP contribution in [0.25, 0.3) is 0 Å². The van der Waals surface area contributed by atoms with Gasteiger partial charge >= 0.3 is 36.7 Å². The van der Waals surface area contributed by atoms with Crippen molar-refractivity contribution in [1.82, 2.24) is 4.98 Å². The summed E-state index contributed by atoms with van der Waals surface area (Å²) in [5.74, 6) is 0. The fraction of sp³-hybridized carbons (Fsp3) is 0.167. The van der Waals surface area contributed by atoms with Crippen LogP contribution in [0.2, 0.25) is 0 Å². The van der Waals surface area contributed by atoms with Crippen LogP contribution in [-0.2, 0) is 6.54 Å². The van der Waals surface area contributed by atoms with Crippen molar-refractivity contribution in [2.24, 2.45) is 5.73 Å². The molecule has 0 saturated heterocycles. The van der Waals surface area contributed by atoms with Crippen LogP contribution < -0.4 is 5.73 Å². The summed E-state index contributed by atoms with van der Waals surface area (Å²) in [6, 6.07) is 5.70. The van der Waals surface area contributed by atoms with Crippen LogP contribution in [0.3, 0.4) is 0 Å². The second-order valence-corrected chi connectivity index (χ2v) is 6.50. The van der Waals surface area contributed by atoms with Gasteiger partial charge in [-0.1, -0.05) is 6.07 Å². The Labute approximate surface area is 83.8 Å². The van der Waals surface area contributed by atoms with E-state index in [1.807, 2.05) is 18.2 Å². The molecule has 5 heteroatoms. The second-order valence-electron chi connectivity index (χ2n) is 1.61. The predicted molar refractivity (Wildman–Crippen MR) is 51.0 cm³/mol. The van der Waals surface area contributed by atoms with Crippen LogP contribution in [0.5, 0.6) is 0 Å². The van der Waals surface area contributed by atoms with Crippen LogP contribution >= 0.6 is 17.8 Å². The molecule has 0 aliphatic heterocycles. The van der Waals surface area contributed by atoms with Gasteiger partial charge in [0.1, 0.15) is 0 Å². The Morgan fingerprint density at radius 2 is 2.09 bits per heavy atom. The summed E-state index contributed by atoms with van der Waals surface area (Å²) in [7, 11) is 9.91. The molecule has 1 radical (unpaired) electrons. The average Bonchev–Trinajstić information content (AvgIpc) is 2.08. The number of nitrogens with zero attached hydrogens (tertiary/aromatic N) is 1. The van der Waals surface area contributed by atoms with E-state index in [1.165, 1.54) is 0 Å². The Morgan fingerprint density at radius 3 is 2.36 bits per heavy atom. The number of aromatic nitrogens is 1. The van der Waals surface area contributed by atoms with Crippen LogP contribution in [0.4, 0.5) is 0 Å². The normalized spacial score (nSPS) is 8.27. The number of hydrogen-bond donors (Lipinski definition) is 1. The summed E-state index contributed by atoms with van der Waals surface area (Å²) in [5, 5.41) is 0. The van der Waals surface area contributed by atoms with E-state index in [9.17, 15) is 0 Å². The molecule has 0 aliphatic rings. The molecule has 0 fully saturated rings. The molecule has 1 rings (SSSR count). The molecule has 0 amide bonds. The molecule has 0 saturated carbocycles. The molecule has 0 aromatic carbocycles. The van der Waals surface area contributed by atoms with E-state index in [-0.39, 0.29) is 0 Å². The fourth-order valence-electron chi connectivity index (χ4n) is 0.519. The zero-order chi connectivity index (χ0) is 8.53. The summed E-state index contributed by atoms with van der Waals surface area (Å²) >= 11 is -0.946. The van der Waals surface area contributed by atoms with E-state index in [4.69, 9.17) is 23.6 Å². The molecule has 2 N–H and O–H groups in total. The molecular formula is C6H9Cl2N2Sn. The Bertz CT molecular complexity index is 171. The van der Waals surface area contributed by atoms with Gasteiger partial charge < -0.3 is 5.73 Å². The monoisotopic (exact) mass is 299 g/mol. The first-order chi connectivity index (χ1) is 5.35. The van der Waals surface area contributed by atoms with Crippen molar-refractivity contribution >= 4 is 36.7 Å². The molecule has 0 atom stereocenters. The Kier molecular flexibility index (Phi) is 8.97. The molecule has 1 heterocycles. The number of hydrogen-bond acceptors (Lipinski definition) is 2. The van der Waals surface area contributed by atoms with Gasteiger partial charge in [-0.15, -0.1) is 0 Å². The quantitative estimate of drug-likeness (QED) is 0.793. The molecule has 0 aliphatic carbocycles. The number of pyridine rings is 1. The van der Waals surface area contributed by atoms with Crippen molar-refractivity contribution in [2.45, 2.75) is 6.54 Å². The van der Waals surface area contributed by atoms with E-state index < -0.39 is 18.9 Å². The molecule has 0 unspecified atom stereocenters. The minimum atomic E-state index is -0.946. The van der Waals surface area contributed by atoms with Gasteiger partial charge in [0.2, 0.25) is 0 Å². The maximum atomic E-state index is 5.29. The fourth-order valence-corrected chi connectivity index (χ4v) is 0.519. The third kappa shape index (κ3) is 6.87. The summed E-state index contributed by atoms with van der Waals surface area (Å²) in [6.45, 7) is 0.529. The van der Waals surface area contributed by atoms with E-state index in [2.05, 4.69) is 4.98 Å². The summed E-state index contributed by atoms with van der Waals surface area (Å²) in [4.78, 5) is 3.97. The Morgan fingerprint density at radius 1 is 1.45 bits per heavy atom. The van der Waals surface area contributed by atoms with Crippen molar-refractivity contribution in [3.8, 4) is 0 Å². The van der Waals surface area contributed by atoms with E-state index in [0.717, 1.165) is 5.69 Å². The van der Waals surface area contributed by atoms with E-state index in [1.54, 1.807) is 6.20 Å². The molecule has 1 aromatic heterocycles. The van der Waals surface area contributed by atoms with Crippen LogP contribution in [0.1, 0.15) is 5.69 Å². The van der Waals surface area contributed by atoms with Gasteiger partial charge in [-0.2, -0.15) is 0 Å². The van der Waals surface area contributed by atoms with Gasteiger partial charge in [-0.3, -0.25) is 4.98 Å². The number of halogens is 2. The molecule has 1 aromatic rings. The summed E-state index contributed by atoms with van der Waals surface area (Å²) in [6.07, 6.45) is 1.74. The van der Waals surface area contributed by atoms with Crippen molar-refractivity contribution in [2.75, 3.05) is 0 Å². The third-order valence-corrected chi connectivity index (χ3v) is 0.935. The Balaban J connectivity index is 0.000000292. The van der Waals surface area contributed by atoms with Crippen LogP contribution in [0, 0.1) is 0 Å². The van der Waals surface area contributed by atoms with Crippen molar-refractivity contribution in [1.29, 1.82) is 0 Å². The minimum absolute atomic E-state index is 0.529. The molecule has 61 valence electrons. The van der Waals surface area contributed by atoms with Gasteiger partial charge in [-0.05, 0) is 12.1 Å². The van der Waals surface area contributed by atoms with Crippen LogP contribution in [-0.4, -0.2) is 23.9 Å². The van der Waals surface area contributed by atoms with Crippen molar-refractivity contribution < 1.29 is 0 Å². The van der Waals surface area contributed by atoms with Gasteiger partial charge in [-0.25, -0.2) is 0 Å². The first-order valence-corrected chi connectivity index (χ1v) is 11.3. The van der Waals surface area contributed by atoms with Crippen LogP contribution in [0.15, 0.2) is 24.4 Å². The van der Waals surface area contributed by atoms with E-state index >= 15 is 0 Å². The average molecular weight is 299 g/mol. The Hall–Kier alpha value is 0.489. The molecule has 0 bridgehead atoms. The number of rotatable bonds is 1. The SMILES string of the molecule is NCc1ccccn1.[Cl][SnH][Cl]. The topological polar surface area (TPSA) is 38.9 Å². The van der Waals surface area contributed by atoms with Crippen molar-refractivity contribution in [3.05, 3.63) is 30.1 Å². The third-order valence-electron chi connectivity index (χ3n) is 0.935. The zero-order valence-electron chi connectivity index (χ0n) is 5.87. The van der Waals surface area contributed by atoms with Gasteiger partial charge in [0.15, 0.2) is 0 Å². The first-order valence-electron chi connectivity index (χ1n) is 2.97. The second kappa shape index (κ2) is 8.58. The summed E-state index contributed by atoms with van der Waals surface area (Å²) < 4.78 is 0. The molecular weight excluding hydrogens is 290 g/mol.